The second kappa shape index (κ2) is 11.6. The van der Waals surface area contributed by atoms with E-state index in [0.29, 0.717) is 6.10 Å². The van der Waals surface area contributed by atoms with Crippen LogP contribution in [0.2, 0.25) is 0 Å². The highest BCUT2D eigenvalue weighted by Gasteiger charge is 2.46. The number of aliphatic carboxylic acids is 1. The first-order valence-corrected chi connectivity index (χ1v) is 11.6. The SMILES string of the molecule is Fc1ccc(CN2CCC3OCCCC3(COCC3CCCC3)C2)cc1.O=C(O)C(F)(F)F. The number of ether oxygens (including phenoxy) is 2. The summed E-state index contributed by atoms with van der Waals surface area (Å²) in [6, 6.07) is 6.93. The fourth-order valence-electron chi connectivity index (χ4n) is 5.18. The van der Waals surface area contributed by atoms with Gasteiger partial charge in [0.05, 0.1) is 12.7 Å². The molecule has 2 saturated heterocycles. The van der Waals surface area contributed by atoms with Crippen LogP contribution in [0, 0.1) is 17.2 Å². The molecule has 3 aliphatic rings. The molecule has 5 nitrogen and oxygen atoms in total. The van der Waals surface area contributed by atoms with Gasteiger partial charge in [-0.15, -0.1) is 0 Å². The van der Waals surface area contributed by atoms with Gasteiger partial charge in [0.2, 0.25) is 0 Å². The molecule has 2 unspecified atom stereocenters. The quantitative estimate of drug-likeness (QED) is 0.585. The van der Waals surface area contributed by atoms with Crippen molar-refractivity contribution in [1.29, 1.82) is 0 Å². The summed E-state index contributed by atoms with van der Waals surface area (Å²) in [4.78, 5) is 11.4. The molecule has 1 saturated carbocycles. The summed E-state index contributed by atoms with van der Waals surface area (Å²) in [5.74, 6) is -2.15. The van der Waals surface area contributed by atoms with E-state index in [2.05, 4.69) is 4.90 Å². The minimum atomic E-state index is -5.08. The van der Waals surface area contributed by atoms with Crippen LogP contribution in [0.15, 0.2) is 24.3 Å². The number of likely N-dealkylation sites (tertiary alicyclic amines) is 1. The van der Waals surface area contributed by atoms with Crippen molar-refractivity contribution in [3.8, 4) is 0 Å². The van der Waals surface area contributed by atoms with E-state index in [1.54, 1.807) is 12.1 Å². The van der Waals surface area contributed by atoms with Crippen LogP contribution in [0.4, 0.5) is 17.6 Å². The van der Waals surface area contributed by atoms with E-state index >= 15 is 0 Å². The monoisotopic (exact) mass is 475 g/mol. The lowest BCUT2D eigenvalue weighted by molar-refractivity contribution is -0.192. The molecule has 0 spiro atoms. The topological polar surface area (TPSA) is 59.0 Å². The lowest BCUT2D eigenvalue weighted by Gasteiger charge is -2.50. The molecule has 33 heavy (non-hydrogen) atoms. The van der Waals surface area contributed by atoms with Gasteiger partial charge >= 0.3 is 12.1 Å². The van der Waals surface area contributed by atoms with E-state index in [-0.39, 0.29) is 11.2 Å². The molecule has 0 aromatic heterocycles. The molecular weight excluding hydrogens is 442 g/mol. The van der Waals surface area contributed by atoms with Gasteiger partial charge in [-0.25, -0.2) is 9.18 Å². The predicted octanol–water partition coefficient (Wildman–Crippen LogP) is 5.04. The van der Waals surface area contributed by atoms with Crippen LogP contribution in [0.3, 0.4) is 0 Å². The Kier molecular flexibility index (Phi) is 9.12. The molecule has 1 N–H and O–H groups in total. The summed E-state index contributed by atoms with van der Waals surface area (Å²) in [5.41, 5.74) is 1.32. The van der Waals surface area contributed by atoms with E-state index in [1.807, 2.05) is 12.1 Å². The number of rotatable bonds is 6. The first-order chi connectivity index (χ1) is 15.7. The standard InChI is InChI=1S/C22H32FNO2.C2HF3O2/c23-20-8-6-18(7-9-20)14-24-12-10-21-22(16-24,11-3-13-26-21)17-25-15-19-4-1-2-5-19;3-2(4,5)1(6)7/h6-9,19,21H,1-5,10-17H2;(H,6,7). The normalized spacial score (nSPS) is 26.4. The smallest absolute Gasteiger partial charge is 0.475 e. The van der Waals surface area contributed by atoms with Gasteiger partial charge in [-0.2, -0.15) is 13.2 Å². The molecular formula is C24H33F4NO4. The summed E-state index contributed by atoms with van der Waals surface area (Å²) in [6.45, 7) is 5.61. The Balaban J connectivity index is 0.000000383. The van der Waals surface area contributed by atoms with Gasteiger partial charge in [-0.05, 0) is 55.7 Å². The number of benzene rings is 1. The number of carboxylic acid groups (broad SMARTS) is 1. The average molecular weight is 476 g/mol. The zero-order chi connectivity index (χ0) is 23.9. The van der Waals surface area contributed by atoms with Crippen LogP contribution in [0.25, 0.3) is 0 Å². The van der Waals surface area contributed by atoms with E-state index in [9.17, 15) is 17.6 Å². The van der Waals surface area contributed by atoms with E-state index in [1.165, 1.54) is 37.7 Å². The molecule has 4 rings (SSSR count). The second-order valence-corrected chi connectivity index (χ2v) is 9.42. The molecule has 1 aliphatic carbocycles. The molecule has 0 radical (unpaired) electrons. The second-order valence-electron chi connectivity index (χ2n) is 9.42. The third-order valence-corrected chi connectivity index (χ3v) is 6.85. The molecule has 1 aromatic rings. The first-order valence-electron chi connectivity index (χ1n) is 11.6. The minimum Gasteiger partial charge on any atom is -0.475 e. The van der Waals surface area contributed by atoms with Crippen molar-refractivity contribution >= 4 is 5.97 Å². The van der Waals surface area contributed by atoms with Crippen LogP contribution in [0.5, 0.6) is 0 Å². The Labute approximate surface area is 192 Å². The largest absolute Gasteiger partial charge is 0.490 e. The van der Waals surface area contributed by atoms with E-state index in [4.69, 9.17) is 19.4 Å². The van der Waals surface area contributed by atoms with Crippen LogP contribution < -0.4 is 0 Å². The van der Waals surface area contributed by atoms with Crippen molar-refractivity contribution in [2.45, 2.75) is 63.8 Å². The Bertz CT molecular complexity index is 752. The number of piperidine rings is 1. The summed E-state index contributed by atoms with van der Waals surface area (Å²) < 4.78 is 57.3. The number of fused-ring (bicyclic) bond motifs is 1. The molecule has 3 fully saturated rings. The lowest BCUT2D eigenvalue weighted by Crippen LogP contribution is -2.56. The molecule has 0 bridgehead atoms. The van der Waals surface area contributed by atoms with Crippen LogP contribution in [0.1, 0.15) is 50.5 Å². The van der Waals surface area contributed by atoms with Gasteiger partial charge in [-0.1, -0.05) is 25.0 Å². The van der Waals surface area contributed by atoms with Crippen molar-refractivity contribution in [3.05, 3.63) is 35.6 Å². The van der Waals surface area contributed by atoms with E-state index < -0.39 is 12.1 Å². The number of carboxylic acids is 1. The maximum Gasteiger partial charge on any atom is 0.490 e. The molecule has 0 amide bonds. The number of nitrogens with zero attached hydrogens (tertiary/aromatic N) is 1. The molecule has 2 heterocycles. The Morgan fingerprint density at radius 1 is 1.15 bits per heavy atom. The number of alkyl halides is 3. The third-order valence-electron chi connectivity index (χ3n) is 6.85. The van der Waals surface area contributed by atoms with E-state index in [0.717, 1.165) is 58.2 Å². The van der Waals surface area contributed by atoms with Gasteiger partial charge in [0.1, 0.15) is 5.82 Å². The van der Waals surface area contributed by atoms with Gasteiger partial charge in [0.15, 0.2) is 0 Å². The molecule has 2 aliphatic heterocycles. The maximum absolute atomic E-state index is 13.2. The summed E-state index contributed by atoms with van der Waals surface area (Å²) in [5, 5.41) is 7.12. The lowest BCUT2D eigenvalue weighted by atomic mass is 9.73. The predicted molar refractivity (Wildman–Crippen MR) is 114 cm³/mol. The highest BCUT2D eigenvalue weighted by atomic mass is 19.4. The molecule has 186 valence electrons. The van der Waals surface area contributed by atoms with Gasteiger partial charge in [0, 0.05) is 38.3 Å². The van der Waals surface area contributed by atoms with Gasteiger partial charge in [-0.3, -0.25) is 4.90 Å². The fourth-order valence-corrected chi connectivity index (χ4v) is 5.18. The van der Waals surface area contributed by atoms with Crippen LogP contribution in [-0.2, 0) is 20.8 Å². The van der Waals surface area contributed by atoms with Crippen molar-refractivity contribution in [1.82, 2.24) is 4.90 Å². The summed E-state index contributed by atoms with van der Waals surface area (Å²) in [7, 11) is 0. The number of halogens is 4. The van der Waals surface area contributed by atoms with Gasteiger partial charge in [0.25, 0.3) is 0 Å². The third kappa shape index (κ3) is 7.65. The minimum absolute atomic E-state index is 0.134. The zero-order valence-electron chi connectivity index (χ0n) is 18.8. The summed E-state index contributed by atoms with van der Waals surface area (Å²) >= 11 is 0. The Morgan fingerprint density at radius 3 is 2.45 bits per heavy atom. The number of hydrogen-bond acceptors (Lipinski definition) is 4. The van der Waals surface area contributed by atoms with Crippen molar-refractivity contribution < 1.29 is 36.9 Å². The highest BCUT2D eigenvalue weighted by Crippen LogP contribution is 2.41. The molecule has 2 atom stereocenters. The zero-order valence-corrected chi connectivity index (χ0v) is 18.8. The number of carbonyl (C=O) groups is 1. The first kappa shape index (κ1) is 25.9. The van der Waals surface area contributed by atoms with Crippen LogP contribution >= 0.6 is 0 Å². The Morgan fingerprint density at radius 2 is 1.82 bits per heavy atom. The highest BCUT2D eigenvalue weighted by molar-refractivity contribution is 5.73. The van der Waals surface area contributed by atoms with Crippen molar-refractivity contribution in [3.63, 3.8) is 0 Å². The average Bonchev–Trinajstić information content (AvgIpc) is 3.28. The Hall–Kier alpha value is -1.71. The maximum atomic E-state index is 13.2. The van der Waals surface area contributed by atoms with Gasteiger partial charge < -0.3 is 14.6 Å². The number of hydrogen-bond donors (Lipinski definition) is 1. The van der Waals surface area contributed by atoms with Crippen molar-refractivity contribution in [2.24, 2.45) is 11.3 Å². The fraction of sp³-hybridized carbons (Fsp3) is 0.708. The van der Waals surface area contributed by atoms with Crippen molar-refractivity contribution in [2.75, 3.05) is 32.9 Å². The molecule has 9 heteroatoms. The summed E-state index contributed by atoms with van der Waals surface area (Å²) in [6.07, 6.45) is 4.08. The molecule has 1 aromatic carbocycles. The van der Waals surface area contributed by atoms with Crippen LogP contribution in [-0.4, -0.2) is 61.2 Å².